The molecule has 2 atom stereocenters. The van der Waals surface area contributed by atoms with E-state index in [1.54, 1.807) is 0 Å². The van der Waals surface area contributed by atoms with E-state index in [1.165, 1.54) is 6.33 Å². The number of aromatic amines is 1. The van der Waals surface area contributed by atoms with Crippen LogP contribution in [0, 0.1) is 5.92 Å². The minimum atomic E-state index is -0.228. The Balaban J connectivity index is 1.99. The van der Waals surface area contributed by atoms with Gasteiger partial charge in [0.1, 0.15) is 10.3 Å². The number of nitrogens with zero attached hydrogens (tertiary/aromatic N) is 1. The van der Waals surface area contributed by atoms with Crippen LogP contribution in [0.4, 0.5) is 5.82 Å². The first-order valence-corrected chi connectivity index (χ1v) is 6.13. The molecule has 0 bridgehead atoms. The fourth-order valence-electron chi connectivity index (χ4n) is 1.99. The molecule has 88 valence electrons. The monoisotopic (exact) mass is 287 g/mol. The zero-order valence-corrected chi connectivity index (χ0v) is 10.3. The van der Waals surface area contributed by atoms with Crippen molar-refractivity contribution in [3.05, 3.63) is 21.2 Å². The Morgan fingerprint density at radius 3 is 3.12 bits per heavy atom. The number of nitrogens with one attached hydrogen (secondary N) is 2. The van der Waals surface area contributed by atoms with E-state index in [9.17, 15) is 9.90 Å². The maximum Gasteiger partial charge on any atom is 0.267 e. The third kappa shape index (κ3) is 2.44. The van der Waals surface area contributed by atoms with Crippen molar-refractivity contribution < 1.29 is 5.11 Å². The molecule has 0 aromatic carbocycles. The summed E-state index contributed by atoms with van der Waals surface area (Å²) < 4.78 is 0.405. The number of rotatable bonds is 3. The molecule has 0 aliphatic heterocycles. The second kappa shape index (κ2) is 4.97. The van der Waals surface area contributed by atoms with Gasteiger partial charge >= 0.3 is 0 Å². The zero-order valence-electron chi connectivity index (χ0n) is 8.74. The molecule has 1 aliphatic carbocycles. The Bertz CT molecular complexity index is 421. The predicted molar refractivity (Wildman–Crippen MR) is 64.4 cm³/mol. The molecule has 16 heavy (non-hydrogen) atoms. The normalized spacial score (nSPS) is 24.6. The average molecular weight is 288 g/mol. The summed E-state index contributed by atoms with van der Waals surface area (Å²) in [6, 6.07) is 0. The molecule has 6 heteroatoms. The highest BCUT2D eigenvalue weighted by molar-refractivity contribution is 9.10. The molecule has 3 N–H and O–H groups in total. The van der Waals surface area contributed by atoms with Gasteiger partial charge in [0, 0.05) is 12.5 Å². The van der Waals surface area contributed by atoms with E-state index in [-0.39, 0.29) is 17.6 Å². The van der Waals surface area contributed by atoms with Crippen molar-refractivity contribution in [3.8, 4) is 0 Å². The molecule has 0 amide bonds. The minimum absolute atomic E-state index is 0.204. The predicted octanol–water partition coefficient (Wildman–Crippen LogP) is 1.11. The number of hydrogen-bond donors (Lipinski definition) is 3. The van der Waals surface area contributed by atoms with Crippen LogP contribution in [0.3, 0.4) is 0 Å². The summed E-state index contributed by atoms with van der Waals surface area (Å²) in [5, 5.41) is 12.7. The van der Waals surface area contributed by atoms with Crippen molar-refractivity contribution >= 4 is 21.7 Å². The van der Waals surface area contributed by atoms with E-state index in [0.717, 1.165) is 19.3 Å². The Morgan fingerprint density at radius 2 is 2.44 bits per heavy atom. The molecule has 2 rings (SSSR count). The van der Waals surface area contributed by atoms with Gasteiger partial charge in [-0.1, -0.05) is 6.42 Å². The summed E-state index contributed by atoms with van der Waals surface area (Å²) in [5.74, 6) is 0.788. The molecular formula is C10H14BrN3O2. The second-order valence-electron chi connectivity index (χ2n) is 4.03. The van der Waals surface area contributed by atoms with Crippen molar-refractivity contribution in [1.82, 2.24) is 9.97 Å². The molecule has 5 nitrogen and oxygen atoms in total. The van der Waals surface area contributed by atoms with Gasteiger partial charge in [0.25, 0.3) is 5.56 Å². The molecule has 0 saturated heterocycles. The summed E-state index contributed by atoms with van der Waals surface area (Å²) in [6.07, 6.45) is 4.09. The lowest BCUT2D eigenvalue weighted by molar-refractivity contribution is 0.138. The van der Waals surface area contributed by atoms with Crippen LogP contribution >= 0.6 is 15.9 Å². The van der Waals surface area contributed by atoms with Crippen LogP contribution in [0.5, 0.6) is 0 Å². The minimum Gasteiger partial charge on any atom is -0.393 e. The summed E-state index contributed by atoms with van der Waals surface area (Å²) in [6.45, 7) is 0.649. The van der Waals surface area contributed by atoms with Gasteiger partial charge in [-0.2, -0.15) is 0 Å². The van der Waals surface area contributed by atoms with E-state index in [2.05, 4.69) is 31.2 Å². The summed E-state index contributed by atoms with van der Waals surface area (Å²) >= 11 is 3.17. The highest BCUT2D eigenvalue weighted by Crippen LogP contribution is 2.26. The Morgan fingerprint density at radius 1 is 1.62 bits per heavy atom. The van der Waals surface area contributed by atoms with Crippen LogP contribution in [-0.2, 0) is 0 Å². The van der Waals surface area contributed by atoms with Gasteiger partial charge in [0.05, 0.1) is 12.4 Å². The number of halogens is 1. The summed E-state index contributed by atoms with van der Waals surface area (Å²) in [4.78, 5) is 17.8. The smallest absolute Gasteiger partial charge is 0.267 e. The summed E-state index contributed by atoms with van der Waals surface area (Å²) in [7, 11) is 0. The lowest BCUT2D eigenvalue weighted by Gasteiger charge is -2.15. The van der Waals surface area contributed by atoms with Crippen molar-refractivity contribution in [2.45, 2.75) is 25.4 Å². The van der Waals surface area contributed by atoms with E-state index in [0.29, 0.717) is 16.8 Å². The highest BCUT2D eigenvalue weighted by Gasteiger charge is 2.25. The maximum absolute atomic E-state index is 11.3. The lowest BCUT2D eigenvalue weighted by Crippen LogP contribution is -2.23. The Hall–Kier alpha value is -0.880. The molecule has 1 saturated carbocycles. The van der Waals surface area contributed by atoms with Crippen LogP contribution < -0.4 is 10.9 Å². The van der Waals surface area contributed by atoms with E-state index < -0.39 is 0 Å². The number of hydrogen-bond acceptors (Lipinski definition) is 4. The van der Waals surface area contributed by atoms with Crippen LogP contribution in [-0.4, -0.2) is 27.7 Å². The van der Waals surface area contributed by atoms with Gasteiger partial charge in [-0.15, -0.1) is 0 Å². The standard InChI is InChI=1S/C10H14BrN3O2/c11-8-9(13-5-14-10(8)16)12-4-6-2-1-3-7(6)15/h5-7,15H,1-4H2,(H2,12,13,14,16). The van der Waals surface area contributed by atoms with E-state index >= 15 is 0 Å². The number of anilines is 1. The largest absolute Gasteiger partial charge is 0.393 e. The third-order valence-corrected chi connectivity index (χ3v) is 3.68. The quantitative estimate of drug-likeness (QED) is 0.778. The molecule has 1 aromatic heterocycles. The molecule has 1 aliphatic rings. The first-order chi connectivity index (χ1) is 7.68. The first kappa shape index (κ1) is 11.6. The van der Waals surface area contributed by atoms with Gasteiger partial charge < -0.3 is 15.4 Å². The lowest BCUT2D eigenvalue weighted by atomic mass is 10.1. The molecule has 1 fully saturated rings. The van der Waals surface area contributed by atoms with Crippen LogP contribution in [0.1, 0.15) is 19.3 Å². The van der Waals surface area contributed by atoms with E-state index in [4.69, 9.17) is 0 Å². The van der Waals surface area contributed by atoms with Gasteiger partial charge in [0.2, 0.25) is 0 Å². The van der Waals surface area contributed by atoms with Gasteiger partial charge in [-0.25, -0.2) is 4.98 Å². The molecule has 0 radical (unpaired) electrons. The van der Waals surface area contributed by atoms with Gasteiger partial charge in [-0.05, 0) is 28.8 Å². The van der Waals surface area contributed by atoms with Gasteiger partial charge in [0.15, 0.2) is 0 Å². The Kier molecular flexibility index (Phi) is 3.60. The molecule has 2 unspecified atom stereocenters. The van der Waals surface area contributed by atoms with Crippen LogP contribution in [0.2, 0.25) is 0 Å². The van der Waals surface area contributed by atoms with Crippen LogP contribution in [0.25, 0.3) is 0 Å². The van der Waals surface area contributed by atoms with Crippen molar-refractivity contribution in [2.75, 3.05) is 11.9 Å². The fourth-order valence-corrected chi connectivity index (χ4v) is 2.35. The fraction of sp³-hybridized carbons (Fsp3) is 0.600. The SMILES string of the molecule is O=c1[nH]cnc(NCC2CCCC2O)c1Br. The maximum atomic E-state index is 11.3. The molecule has 1 aromatic rings. The number of aliphatic hydroxyl groups excluding tert-OH is 1. The second-order valence-corrected chi connectivity index (χ2v) is 4.83. The summed E-state index contributed by atoms with van der Waals surface area (Å²) in [5.41, 5.74) is -0.204. The van der Waals surface area contributed by atoms with E-state index in [1.807, 2.05) is 0 Å². The third-order valence-electron chi connectivity index (χ3n) is 2.95. The molecule has 1 heterocycles. The molecule has 0 spiro atoms. The number of aliphatic hydroxyl groups is 1. The van der Waals surface area contributed by atoms with Crippen molar-refractivity contribution in [1.29, 1.82) is 0 Å². The number of H-pyrrole nitrogens is 1. The highest BCUT2D eigenvalue weighted by atomic mass is 79.9. The van der Waals surface area contributed by atoms with Gasteiger partial charge in [-0.3, -0.25) is 4.79 Å². The molecular weight excluding hydrogens is 274 g/mol. The van der Waals surface area contributed by atoms with Crippen LogP contribution in [0.15, 0.2) is 15.6 Å². The van der Waals surface area contributed by atoms with Crippen molar-refractivity contribution in [3.63, 3.8) is 0 Å². The zero-order chi connectivity index (χ0) is 11.5. The topological polar surface area (TPSA) is 78.0 Å². The Labute approximate surface area is 101 Å². The van der Waals surface area contributed by atoms with Crippen molar-refractivity contribution in [2.24, 2.45) is 5.92 Å². The first-order valence-electron chi connectivity index (χ1n) is 5.33. The number of aromatic nitrogens is 2. The average Bonchev–Trinajstić information content (AvgIpc) is 2.67.